The second kappa shape index (κ2) is 9.13. The number of rotatable bonds is 6. The summed E-state index contributed by atoms with van der Waals surface area (Å²) >= 11 is 1.64. The molecule has 0 radical (unpaired) electrons. The molecule has 1 fully saturated rings. The van der Waals surface area contributed by atoms with Gasteiger partial charge in [-0.15, -0.1) is 11.3 Å². The zero-order chi connectivity index (χ0) is 19.2. The number of nitrogens with one attached hydrogen (secondary N) is 1. The molecule has 1 saturated heterocycles. The fourth-order valence-electron chi connectivity index (χ4n) is 3.42. The highest BCUT2D eigenvalue weighted by Crippen LogP contribution is 2.22. The van der Waals surface area contributed by atoms with E-state index in [9.17, 15) is 9.59 Å². The van der Waals surface area contributed by atoms with Crippen molar-refractivity contribution < 1.29 is 9.59 Å². The molecule has 1 aliphatic rings. The molecule has 1 atom stereocenters. The third-order valence-electron chi connectivity index (χ3n) is 4.84. The van der Waals surface area contributed by atoms with Crippen LogP contribution in [-0.2, 0) is 16.0 Å². The average molecular weight is 386 g/mol. The molecule has 1 aromatic heterocycles. The predicted molar refractivity (Wildman–Crippen MR) is 109 cm³/mol. The molecule has 0 aliphatic carbocycles. The minimum atomic E-state index is 0.0806. The van der Waals surface area contributed by atoms with Gasteiger partial charge >= 0.3 is 0 Å². The van der Waals surface area contributed by atoms with Gasteiger partial charge in [0.1, 0.15) is 0 Å². The number of hydrogen-bond donors (Lipinski definition) is 1. The van der Waals surface area contributed by atoms with E-state index < -0.39 is 0 Å². The van der Waals surface area contributed by atoms with Crippen molar-refractivity contribution in [1.29, 1.82) is 0 Å². The molecule has 1 unspecified atom stereocenters. The fraction of sp³-hybridized carbons (Fsp3) is 0.476. The second-order valence-corrected chi connectivity index (χ2v) is 8.18. The summed E-state index contributed by atoms with van der Waals surface area (Å²) in [6, 6.07) is 8.15. The lowest BCUT2D eigenvalue weighted by atomic mass is 10.0. The van der Waals surface area contributed by atoms with E-state index in [1.165, 1.54) is 0 Å². The van der Waals surface area contributed by atoms with Crippen LogP contribution >= 0.6 is 11.3 Å². The van der Waals surface area contributed by atoms with E-state index in [1.807, 2.05) is 43.0 Å². The second-order valence-electron chi connectivity index (χ2n) is 7.12. The van der Waals surface area contributed by atoms with E-state index in [0.717, 1.165) is 47.6 Å². The van der Waals surface area contributed by atoms with Crippen molar-refractivity contribution in [2.75, 3.05) is 13.1 Å². The van der Waals surface area contributed by atoms with Crippen LogP contribution < -0.4 is 5.32 Å². The molecule has 1 N–H and O–H groups in total. The molecule has 3 rings (SSSR count). The van der Waals surface area contributed by atoms with Crippen LogP contribution in [0.25, 0.3) is 11.3 Å². The third kappa shape index (κ3) is 5.39. The number of aromatic nitrogens is 1. The molecule has 0 bridgehead atoms. The topological polar surface area (TPSA) is 62.3 Å². The van der Waals surface area contributed by atoms with Gasteiger partial charge in [0.05, 0.1) is 17.1 Å². The van der Waals surface area contributed by atoms with Crippen LogP contribution in [-0.4, -0.2) is 40.8 Å². The van der Waals surface area contributed by atoms with Gasteiger partial charge in [-0.2, -0.15) is 0 Å². The summed E-state index contributed by atoms with van der Waals surface area (Å²) in [5.41, 5.74) is 3.07. The number of benzene rings is 1. The molecule has 1 aliphatic heterocycles. The number of thiazole rings is 1. The van der Waals surface area contributed by atoms with Crippen LogP contribution in [0, 0.1) is 6.92 Å². The Labute approximate surface area is 164 Å². The molecule has 5 nitrogen and oxygen atoms in total. The first kappa shape index (κ1) is 19.5. The first-order chi connectivity index (χ1) is 13.0. The zero-order valence-corrected chi connectivity index (χ0v) is 16.8. The van der Waals surface area contributed by atoms with E-state index in [4.69, 9.17) is 0 Å². The Morgan fingerprint density at radius 1 is 1.30 bits per heavy atom. The first-order valence-corrected chi connectivity index (χ1v) is 10.5. The largest absolute Gasteiger partial charge is 0.352 e. The summed E-state index contributed by atoms with van der Waals surface area (Å²) in [6.07, 6.45) is 3.67. The fourth-order valence-corrected chi connectivity index (χ4v) is 4.05. The maximum Gasteiger partial charge on any atom is 0.227 e. The third-order valence-corrected chi connectivity index (χ3v) is 5.61. The Kier molecular flexibility index (Phi) is 6.61. The zero-order valence-electron chi connectivity index (χ0n) is 16.0. The Morgan fingerprint density at radius 2 is 2.07 bits per heavy atom. The highest BCUT2D eigenvalue weighted by atomic mass is 32.1. The monoisotopic (exact) mass is 385 g/mol. The number of nitrogens with zero attached hydrogens (tertiary/aromatic N) is 2. The maximum atomic E-state index is 12.7. The van der Waals surface area contributed by atoms with Crippen LogP contribution in [0.2, 0.25) is 0 Å². The van der Waals surface area contributed by atoms with Crippen LogP contribution in [0.5, 0.6) is 0 Å². The number of carbonyl (C=O) groups is 2. The highest BCUT2D eigenvalue weighted by Gasteiger charge is 2.24. The summed E-state index contributed by atoms with van der Waals surface area (Å²) in [4.78, 5) is 30.9. The van der Waals surface area contributed by atoms with Crippen molar-refractivity contribution >= 4 is 23.2 Å². The van der Waals surface area contributed by atoms with E-state index >= 15 is 0 Å². The van der Waals surface area contributed by atoms with Gasteiger partial charge in [0.25, 0.3) is 0 Å². The lowest BCUT2D eigenvalue weighted by Gasteiger charge is -2.33. The van der Waals surface area contributed by atoms with E-state index in [1.54, 1.807) is 11.3 Å². The summed E-state index contributed by atoms with van der Waals surface area (Å²) < 4.78 is 0. The van der Waals surface area contributed by atoms with E-state index in [0.29, 0.717) is 19.4 Å². The Bertz CT molecular complexity index is 785. The van der Waals surface area contributed by atoms with Crippen molar-refractivity contribution in [3.05, 3.63) is 40.2 Å². The first-order valence-electron chi connectivity index (χ1n) is 9.63. The van der Waals surface area contributed by atoms with Gasteiger partial charge in [-0.25, -0.2) is 4.98 Å². The molecular weight excluding hydrogens is 358 g/mol. The smallest absolute Gasteiger partial charge is 0.227 e. The number of likely N-dealkylation sites (tertiary alicyclic amines) is 1. The van der Waals surface area contributed by atoms with Gasteiger partial charge < -0.3 is 10.2 Å². The molecule has 27 heavy (non-hydrogen) atoms. The Hall–Kier alpha value is -2.21. The van der Waals surface area contributed by atoms with Crippen molar-refractivity contribution in [2.24, 2.45) is 0 Å². The lowest BCUT2D eigenvalue weighted by molar-refractivity contribution is -0.133. The molecule has 2 amide bonds. The molecule has 0 saturated carbocycles. The number of carbonyl (C=O) groups excluding carboxylic acids is 2. The standard InChI is InChI=1S/C21H27N3O2S/c1-3-5-20(25)23-18-6-4-11-24(13-18)21(26)12-16-7-9-17(10-8-16)19-14-27-15(2)22-19/h7-10,14,18H,3-6,11-13H2,1-2H3,(H,23,25). The van der Waals surface area contributed by atoms with Gasteiger partial charge in [-0.05, 0) is 31.7 Å². The Morgan fingerprint density at radius 3 is 2.74 bits per heavy atom. The van der Waals surface area contributed by atoms with Crippen LogP contribution in [0.15, 0.2) is 29.6 Å². The summed E-state index contributed by atoms with van der Waals surface area (Å²) in [6.45, 7) is 5.38. The maximum absolute atomic E-state index is 12.7. The molecule has 0 spiro atoms. The number of hydrogen-bond acceptors (Lipinski definition) is 4. The van der Waals surface area contributed by atoms with Gasteiger partial charge in [0.2, 0.25) is 11.8 Å². The normalized spacial score (nSPS) is 17.0. The molecule has 2 aromatic rings. The summed E-state index contributed by atoms with van der Waals surface area (Å²) in [7, 11) is 0. The van der Waals surface area contributed by atoms with Crippen LogP contribution in [0.1, 0.15) is 43.2 Å². The quantitative estimate of drug-likeness (QED) is 0.827. The lowest BCUT2D eigenvalue weighted by Crippen LogP contribution is -2.49. The summed E-state index contributed by atoms with van der Waals surface area (Å²) in [5, 5.41) is 6.16. The van der Waals surface area contributed by atoms with Crippen molar-refractivity contribution in [1.82, 2.24) is 15.2 Å². The molecule has 144 valence electrons. The summed E-state index contributed by atoms with van der Waals surface area (Å²) in [5.74, 6) is 0.214. The minimum absolute atomic E-state index is 0.0806. The number of aryl methyl sites for hydroxylation is 1. The van der Waals surface area contributed by atoms with E-state index in [-0.39, 0.29) is 17.9 Å². The van der Waals surface area contributed by atoms with Crippen LogP contribution in [0.3, 0.4) is 0 Å². The SMILES string of the molecule is CCCC(=O)NC1CCCN(C(=O)Cc2ccc(-c3csc(C)n3)cc2)C1. The predicted octanol–water partition coefficient (Wildman–Crippen LogP) is 3.57. The number of piperidine rings is 1. The van der Waals surface area contributed by atoms with Crippen molar-refractivity contribution in [3.8, 4) is 11.3 Å². The van der Waals surface area contributed by atoms with Crippen molar-refractivity contribution in [2.45, 2.75) is 52.0 Å². The minimum Gasteiger partial charge on any atom is -0.352 e. The van der Waals surface area contributed by atoms with E-state index in [2.05, 4.69) is 15.7 Å². The molecule has 1 aromatic carbocycles. The number of amides is 2. The van der Waals surface area contributed by atoms with Gasteiger partial charge in [-0.1, -0.05) is 31.2 Å². The van der Waals surface area contributed by atoms with Gasteiger partial charge in [0.15, 0.2) is 0 Å². The molecular formula is C21H27N3O2S. The van der Waals surface area contributed by atoms with Gasteiger partial charge in [0, 0.05) is 36.5 Å². The highest BCUT2D eigenvalue weighted by molar-refractivity contribution is 7.09. The van der Waals surface area contributed by atoms with Gasteiger partial charge in [-0.3, -0.25) is 9.59 Å². The average Bonchev–Trinajstić information content (AvgIpc) is 3.09. The van der Waals surface area contributed by atoms with Crippen molar-refractivity contribution in [3.63, 3.8) is 0 Å². The van der Waals surface area contributed by atoms with Crippen LogP contribution in [0.4, 0.5) is 0 Å². The molecule has 6 heteroatoms. The Balaban J connectivity index is 1.55. The molecule has 2 heterocycles.